The van der Waals surface area contributed by atoms with Gasteiger partial charge in [0.15, 0.2) is 5.82 Å². The van der Waals surface area contributed by atoms with Gasteiger partial charge in [-0.15, -0.1) is 5.10 Å². The standard InChI is InChI=1S/C17H20N8O4S/c1-13-9-16(20-29-13)19-17(26)11-23-5-7-24(8-6-23)30(27,28)15-4-2-3-14(10-15)25-12-18-21-22-25/h2-4,9-10,12H,5-8,11H2,1H3,(H,19,20,26). The molecular formula is C17H20N8O4S. The molecule has 1 saturated heterocycles. The summed E-state index contributed by atoms with van der Waals surface area (Å²) in [6.45, 7) is 3.34. The minimum absolute atomic E-state index is 0.147. The van der Waals surface area contributed by atoms with Gasteiger partial charge in [0.05, 0.1) is 17.1 Å². The van der Waals surface area contributed by atoms with Gasteiger partial charge < -0.3 is 9.84 Å². The second-order valence-corrected chi connectivity index (χ2v) is 8.74. The van der Waals surface area contributed by atoms with E-state index in [-0.39, 0.29) is 30.4 Å². The van der Waals surface area contributed by atoms with Crippen molar-refractivity contribution in [1.29, 1.82) is 0 Å². The molecule has 12 nitrogen and oxygen atoms in total. The Hall–Kier alpha value is -3.16. The van der Waals surface area contributed by atoms with E-state index in [4.69, 9.17) is 4.52 Å². The lowest BCUT2D eigenvalue weighted by Crippen LogP contribution is -2.50. The van der Waals surface area contributed by atoms with Crippen molar-refractivity contribution in [2.45, 2.75) is 11.8 Å². The number of anilines is 1. The molecule has 1 N–H and O–H groups in total. The van der Waals surface area contributed by atoms with Crippen LogP contribution in [-0.4, -0.2) is 81.6 Å². The minimum Gasteiger partial charge on any atom is -0.360 e. The van der Waals surface area contributed by atoms with E-state index >= 15 is 0 Å². The predicted molar refractivity (Wildman–Crippen MR) is 104 cm³/mol. The van der Waals surface area contributed by atoms with Gasteiger partial charge in [-0.05, 0) is 35.5 Å². The summed E-state index contributed by atoms with van der Waals surface area (Å²) < 4.78 is 33.8. The molecule has 1 fully saturated rings. The second-order valence-electron chi connectivity index (χ2n) is 6.80. The molecular weight excluding hydrogens is 412 g/mol. The Bertz CT molecular complexity index is 1120. The van der Waals surface area contributed by atoms with Crippen molar-refractivity contribution in [2.24, 2.45) is 0 Å². The minimum atomic E-state index is -3.67. The number of hydrogen-bond acceptors (Lipinski definition) is 9. The summed E-state index contributed by atoms with van der Waals surface area (Å²) >= 11 is 0. The first-order valence-corrected chi connectivity index (χ1v) is 10.6. The number of benzene rings is 1. The van der Waals surface area contributed by atoms with Crippen molar-refractivity contribution in [3.8, 4) is 5.69 Å². The normalized spacial score (nSPS) is 15.9. The number of aryl methyl sites for hydroxylation is 1. The van der Waals surface area contributed by atoms with Crippen LogP contribution in [-0.2, 0) is 14.8 Å². The molecule has 1 aliphatic rings. The summed E-state index contributed by atoms with van der Waals surface area (Å²) in [5.74, 6) is 0.739. The highest BCUT2D eigenvalue weighted by molar-refractivity contribution is 7.89. The largest absolute Gasteiger partial charge is 0.360 e. The molecule has 0 atom stereocenters. The maximum Gasteiger partial charge on any atom is 0.243 e. The number of carbonyl (C=O) groups is 1. The van der Waals surface area contributed by atoms with Gasteiger partial charge in [0.2, 0.25) is 15.9 Å². The highest BCUT2D eigenvalue weighted by Crippen LogP contribution is 2.20. The van der Waals surface area contributed by atoms with Gasteiger partial charge in [0.1, 0.15) is 12.1 Å². The first kappa shape index (κ1) is 20.1. The molecule has 158 valence electrons. The number of sulfonamides is 1. The summed E-state index contributed by atoms with van der Waals surface area (Å²) in [5, 5.41) is 17.3. The van der Waals surface area contributed by atoms with E-state index in [0.29, 0.717) is 30.4 Å². The molecule has 2 aromatic heterocycles. The average Bonchev–Trinajstić information content (AvgIpc) is 3.40. The zero-order valence-electron chi connectivity index (χ0n) is 16.2. The zero-order chi connectivity index (χ0) is 21.1. The SMILES string of the molecule is Cc1cc(NC(=O)CN2CCN(S(=O)(=O)c3cccc(-n4cnnn4)c3)CC2)no1. The molecule has 4 rings (SSSR count). The van der Waals surface area contributed by atoms with E-state index in [1.807, 2.05) is 4.90 Å². The van der Waals surface area contributed by atoms with E-state index in [0.717, 1.165) is 0 Å². The summed E-state index contributed by atoms with van der Waals surface area (Å²) in [7, 11) is -3.67. The Kier molecular flexibility index (Phi) is 5.57. The first-order chi connectivity index (χ1) is 14.4. The van der Waals surface area contributed by atoms with Crippen LogP contribution in [0.25, 0.3) is 5.69 Å². The van der Waals surface area contributed by atoms with Crippen molar-refractivity contribution in [3.63, 3.8) is 0 Å². The Morgan fingerprint density at radius 1 is 1.20 bits per heavy atom. The second kappa shape index (κ2) is 8.30. The number of nitrogens with zero attached hydrogens (tertiary/aromatic N) is 7. The zero-order valence-corrected chi connectivity index (χ0v) is 17.0. The van der Waals surface area contributed by atoms with Gasteiger partial charge in [-0.3, -0.25) is 9.69 Å². The Balaban J connectivity index is 1.36. The lowest BCUT2D eigenvalue weighted by molar-refractivity contribution is -0.117. The molecule has 1 aliphatic heterocycles. The number of nitrogens with one attached hydrogen (secondary N) is 1. The number of piperazine rings is 1. The van der Waals surface area contributed by atoms with Gasteiger partial charge in [0, 0.05) is 32.2 Å². The quantitative estimate of drug-likeness (QED) is 0.566. The lowest BCUT2D eigenvalue weighted by atomic mass is 10.3. The van der Waals surface area contributed by atoms with E-state index in [9.17, 15) is 13.2 Å². The Labute approximate surface area is 172 Å². The van der Waals surface area contributed by atoms with Crippen LogP contribution in [0.1, 0.15) is 5.76 Å². The molecule has 30 heavy (non-hydrogen) atoms. The van der Waals surface area contributed by atoms with E-state index in [1.54, 1.807) is 31.2 Å². The smallest absolute Gasteiger partial charge is 0.243 e. The average molecular weight is 432 g/mol. The molecule has 3 heterocycles. The molecule has 13 heteroatoms. The van der Waals surface area contributed by atoms with Crippen molar-refractivity contribution in [1.82, 2.24) is 34.6 Å². The number of carbonyl (C=O) groups excluding carboxylic acids is 1. The van der Waals surface area contributed by atoms with Gasteiger partial charge in [0.25, 0.3) is 0 Å². The van der Waals surface area contributed by atoms with Crippen LogP contribution in [0.3, 0.4) is 0 Å². The van der Waals surface area contributed by atoms with Crippen LogP contribution in [0.5, 0.6) is 0 Å². The van der Waals surface area contributed by atoms with Gasteiger partial charge in [-0.1, -0.05) is 11.2 Å². The van der Waals surface area contributed by atoms with Crippen molar-refractivity contribution >= 4 is 21.7 Å². The lowest BCUT2D eigenvalue weighted by Gasteiger charge is -2.33. The van der Waals surface area contributed by atoms with Crippen LogP contribution in [0.4, 0.5) is 5.82 Å². The molecule has 0 spiro atoms. The number of rotatable bonds is 6. The Morgan fingerprint density at radius 2 is 2.00 bits per heavy atom. The number of amides is 1. The highest BCUT2D eigenvalue weighted by Gasteiger charge is 2.29. The number of hydrogen-bond donors (Lipinski definition) is 1. The summed E-state index contributed by atoms with van der Waals surface area (Å²) in [6.07, 6.45) is 1.40. The fraction of sp³-hybridized carbons (Fsp3) is 0.353. The van der Waals surface area contributed by atoms with E-state index in [2.05, 4.69) is 26.0 Å². The predicted octanol–water partition coefficient (Wildman–Crippen LogP) is -0.0963. The number of aromatic nitrogens is 5. The van der Waals surface area contributed by atoms with Crippen LogP contribution in [0, 0.1) is 6.92 Å². The van der Waals surface area contributed by atoms with E-state index in [1.165, 1.54) is 21.4 Å². The summed E-state index contributed by atoms with van der Waals surface area (Å²) in [5.41, 5.74) is 0.555. The maximum atomic E-state index is 13.0. The molecule has 0 saturated carbocycles. The molecule has 1 aromatic carbocycles. The third-order valence-electron chi connectivity index (χ3n) is 4.66. The van der Waals surface area contributed by atoms with Gasteiger partial charge >= 0.3 is 0 Å². The summed E-state index contributed by atoms with van der Waals surface area (Å²) in [6, 6.07) is 8.08. The van der Waals surface area contributed by atoms with Gasteiger partial charge in [-0.25, -0.2) is 13.1 Å². The number of tetrazole rings is 1. The molecule has 0 aliphatic carbocycles. The van der Waals surface area contributed by atoms with Crippen molar-refractivity contribution in [3.05, 3.63) is 42.4 Å². The van der Waals surface area contributed by atoms with Gasteiger partial charge in [-0.2, -0.15) is 4.31 Å². The van der Waals surface area contributed by atoms with Crippen molar-refractivity contribution in [2.75, 3.05) is 38.0 Å². The van der Waals surface area contributed by atoms with Crippen LogP contribution in [0.15, 0.2) is 46.1 Å². The van der Waals surface area contributed by atoms with Crippen LogP contribution >= 0.6 is 0 Å². The molecule has 3 aromatic rings. The van der Waals surface area contributed by atoms with E-state index < -0.39 is 10.0 Å². The monoisotopic (exact) mass is 432 g/mol. The third kappa shape index (κ3) is 4.37. The van der Waals surface area contributed by atoms with Crippen molar-refractivity contribution < 1.29 is 17.7 Å². The first-order valence-electron chi connectivity index (χ1n) is 9.21. The van der Waals surface area contributed by atoms with Crippen LogP contribution < -0.4 is 5.32 Å². The maximum absolute atomic E-state index is 13.0. The fourth-order valence-electron chi connectivity index (χ4n) is 3.15. The molecule has 0 bridgehead atoms. The van der Waals surface area contributed by atoms with Crippen LogP contribution in [0.2, 0.25) is 0 Å². The highest BCUT2D eigenvalue weighted by atomic mass is 32.2. The molecule has 1 amide bonds. The fourth-order valence-corrected chi connectivity index (χ4v) is 4.62. The third-order valence-corrected chi connectivity index (χ3v) is 6.56. The Morgan fingerprint density at radius 3 is 2.67 bits per heavy atom. The summed E-state index contributed by atoms with van der Waals surface area (Å²) in [4.78, 5) is 14.2. The topological polar surface area (TPSA) is 139 Å². The molecule has 0 unspecified atom stereocenters. The molecule has 0 radical (unpaired) electrons.